The molecule has 0 saturated heterocycles. The van der Waals surface area contributed by atoms with Gasteiger partial charge in [0.2, 0.25) is 0 Å². The first-order valence-electron chi connectivity index (χ1n) is 4.54. The molecule has 0 atom stereocenters. The number of esters is 2. The molecule has 79 valence electrons. The lowest BCUT2D eigenvalue weighted by Crippen LogP contribution is -2.15. The van der Waals surface area contributed by atoms with E-state index in [1.165, 1.54) is 0 Å². The quantitative estimate of drug-likeness (QED) is 0.425. The molecule has 0 fully saturated rings. The van der Waals surface area contributed by atoms with E-state index in [-0.39, 0.29) is 13.0 Å². The van der Waals surface area contributed by atoms with E-state index < -0.39 is 11.9 Å². The van der Waals surface area contributed by atoms with Gasteiger partial charge < -0.3 is 9.47 Å². The van der Waals surface area contributed by atoms with Crippen molar-refractivity contribution in [2.75, 3.05) is 6.61 Å². The topological polar surface area (TPSA) is 52.6 Å². The first kappa shape index (κ1) is 11.2. The molecular weight excluding hydrogens is 196 g/mol. The van der Waals surface area contributed by atoms with Gasteiger partial charge in [0.15, 0.2) is 0 Å². The summed E-state index contributed by atoms with van der Waals surface area (Å²) in [6.07, 6.45) is -0.369. The maximum Gasteiger partial charge on any atom is 0.322 e. The summed E-state index contributed by atoms with van der Waals surface area (Å²) in [5.41, 5.74) is 0. The normalized spacial score (nSPS) is 9.40. The minimum Gasteiger partial charge on any atom is -0.466 e. The second kappa shape index (κ2) is 5.80. The van der Waals surface area contributed by atoms with Crippen LogP contribution < -0.4 is 4.74 Å². The van der Waals surface area contributed by atoms with Crippen LogP contribution in [0.15, 0.2) is 24.3 Å². The van der Waals surface area contributed by atoms with Gasteiger partial charge in [-0.05, 0) is 25.1 Å². The minimum atomic E-state index is -0.625. The molecule has 4 nitrogen and oxygen atoms in total. The van der Waals surface area contributed by atoms with E-state index in [4.69, 9.17) is 4.74 Å². The zero-order chi connectivity index (χ0) is 11.1. The van der Waals surface area contributed by atoms with Crippen LogP contribution in [0.25, 0.3) is 0 Å². The molecule has 0 spiro atoms. The maximum atomic E-state index is 11.2. The molecule has 0 saturated carbocycles. The number of hydrogen-bond acceptors (Lipinski definition) is 4. The van der Waals surface area contributed by atoms with Gasteiger partial charge in [0.05, 0.1) is 6.61 Å². The summed E-state index contributed by atoms with van der Waals surface area (Å²) in [6, 6.07) is 9.19. The lowest BCUT2D eigenvalue weighted by atomic mass is 10.3. The van der Waals surface area contributed by atoms with Crippen LogP contribution in [0.3, 0.4) is 0 Å². The third-order valence-corrected chi connectivity index (χ3v) is 1.51. The van der Waals surface area contributed by atoms with Crippen molar-refractivity contribution in [1.82, 2.24) is 0 Å². The minimum absolute atomic E-state index is 0.256. The third-order valence-electron chi connectivity index (χ3n) is 1.51. The van der Waals surface area contributed by atoms with Gasteiger partial charge in [0.1, 0.15) is 12.2 Å². The van der Waals surface area contributed by atoms with Gasteiger partial charge in [-0.1, -0.05) is 12.1 Å². The van der Waals surface area contributed by atoms with Crippen molar-refractivity contribution in [3.63, 3.8) is 0 Å². The molecular formula is C11H11O4. The highest BCUT2D eigenvalue weighted by Gasteiger charge is 2.11. The Morgan fingerprint density at radius 3 is 2.53 bits per heavy atom. The van der Waals surface area contributed by atoms with Crippen LogP contribution in [-0.4, -0.2) is 18.5 Å². The second-order valence-electron chi connectivity index (χ2n) is 2.69. The Morgan fingerprint density at radius 2 is 1.93 bits per heavy atom. The fraction of sp³-hybridized carbons (Fsp3) is 0.273. The van der Waals surface area contributed by atoms with Crippen molar-refractivity contribution in [2.24, 2.45) is 0 Å². The van der Waals surface area contributed by atoms with Crippen molar-refractivity contribution in [2.45, 2.75) is 13.3 Å². The van der Waals surface area contributed by atoms with Crippen molar-refractivity contribution >= 4 is 11.9 Å². The zero-order valence-electron chi connectivity index (χ0n) is 8.36. The summed E-state index contributed by atoms with van der Waals surface area (Å²) < 4.78 is 9.48. The maximum absolute atomic E-state index is 11.2. The molecule has 15 heavy (non-hydrogen) atoms. The first-order valence-corrected chi connectivity index (χ1v) is 4.54. The number of hydrogen-bond donors (Lipinski definition) is 0. The van der Waals surface area contributed by atoms with Crippen molar-refractivity contribution in [1.29, 1.82) is 0 Å². The smallest absolute Gasteiger partial charge is 0.322 e. The largest absolute Gasteiger partial charge is 0.466 e. The Balaban J connectivity index is 2.40. The van der Waals surface area contributed by atoms with Crippen LogP contribution in [-0.2, 0) is 14.3 Å². The number of ether oxygens (including phenoxy) is 2. The molecule has 0 aliphatic carbocycles. The predicted molar refractivity (Wildman–Crippen MR) is 52.2 cm³/mol. The predicted octanol–water partition coefficient (Wildman–Crippen LogP) is 1.35. The number of rotatable bonds is 4. The summed E-state index contributed by atoms with van der Waals surface area (Å²) in [6.45, 7) is 1.93. The summed E-state index contributed by atoms with van der Waals surface area (Å²) >= 11 is 0. The van der Waals surface area contributed by atoms with Gasteiger partial charge in [0.25, 0.3) is 0 Å². The van der Waals surface area contributed by atoms with Crippen LogP contribution >= 0.6 is 0 Å². The molecule has 1 aromatic carbocycles. The van der Waals surface area contributed by atoms with E-state index in [0.717, 1.165) is 0 Å². The Hall–Kier alpha value is -1.84. The number of carbonyl (C=O) groups excluding carboxylic acids is 2. The van der Waals surface area contributed by atoms with Gasteiger partial charge in [0, 0.05) is 0 Å². The Morgan fingerprint density at radius 1 is 1.27 bits per heavy atom. The Labute approximate surface area is 87.8 Å². The van der Waals surface area contributed by atoms with Gasteiger partial charge >= 0.3 is 11.9 Å². The highest BCUT2D eigenvalue weighted by Crippen LogP contribution is 2.08. The van der Waals surface area contributed by atoms with E-state index in [1.807, 2.05) is 0 Å². The molecule has 4 heteroatoms. The van der Waals surface area contributed by atoms with Crippen LogP contribution in [0.2, 0.25) is 0 Å². The Bertz CT molecular complexity index is 332. The van der Waals surface area contributed by atoms with E-state index >= 15 is 0 Å². The summed E-state index contributed by atoms with van der Waals surface area (Å²) in [7, 11) is 0. The average molecular weight is 207 g/mol. The molecule has 0 aliphatic heterocycles. The standard InChI is InChI=1S/C11H11O4/c1-2-14-10(12)8-11(13)15-9-6-4-3-5-7-9/h4-7H,2,8H2,1H3. The SMILES string of the molecule is CCOC(=O)CC(=O)Oc1cc[c]cc1. The third kappa shape index (κ3) is 4.26. The molecule has 0 N–H and O–H groups in total. The van der Waals surface area contributed by atoms with Gasteiger partial charge in [-0.2, -0.15) is 0 Å². The monoisotopic (exact) mass is 207 g/mol. The van der Waals surface area contributed by atoms with Crippen LogP contribution in [0.5, 0.6) is 5.75 Å². The Kier molecular flexibility index (Phi) is 4.34. The fourth-order valence-electron chi connectivity index (χ4n) is 0.937. The van der Waals surface area contributed by atoms with Gasteiger partial charge in [-0.15, -0.1) is 0 Å². The van der Waals surface area contributed by atoms with Crippen molar-refractivity contribution < 1.29 is 19.1 Å². The number of benzene rings is 1. The number of carbonyl (C=O) groups is 2. The van der Waals surface area contributed by atoms with Crippen molar-refractivity contribution in [3.8, 4) is 5.75 Å². The van der Waals surface area contributed by atoms with Crippen LogP contribution in [0.4, 0.5) is 0 Å². The summed E-state index contributed by atoms with van der Waals surface area (Å²) in [5.74, 6) is -0.812. The second-order valence-corrected chi connectivity index (χ2v) is 2.69. The molecule has 0 amide bonds. The molecule has 1 radical (unpaired) electrons. The first-order chi connectivity index (χ1) is 7.22. The highest BCUT2D eigenvalue weighted by atomic mass is 16.6. The van der Waals surface area contributed by atoms with Crippen LogP contribution in [0.1, 0.15) is 13.3 Å². The highest BCUT2D eigenvalue weighted by molar-refractivity contribution is 5.92. The summed E-state index contributed by atoms with van der Waals surface area (Å²) in [4.78, 5) is 22.1. The molecule has 0 heterocycles. The van der Waals surface area contributed by atoms with E-state index in [0.29, 0.717) is 5.75 Å². The van der Waals surface area contributed by atoms with Gasteiger partial charge in [-0.3, -0.25) is 9.59 Å². The molecule has 0 aliphatic rings. The molecule has 0 aromatic heterocycles. The molecule has 0 unspecified atom stereocenters. The molecule has 1 aromatic rings. The molecule has 0 bridgehead atoms. The molecule has 1 rings (SSSR count). The summed E-state index contributed by atoms with van der Waals surface area (Å²) in [5, 5.41) is 0. The van der Waals surface area contributed by atoms with E-state index in [1.54, 1.807) is 31.2 Å². The fourth-order valence-corrected chi connectivity index (χ4v) is 0.937. The van der Waals surface area contributed by atoms with E-state index in [9.17, 15) is 9.59 Å². The van der Waals surface area contributed by atoms with Gasteiger partial charge in [-0.25, -0.2) is 0 Å². The van der Waals surface area contributed by atoms with Crippen molar-refractivity contribution in [3.05, 3.63) is 30.3 Å². The average Bonchev–Trinajstić information content (AvgIpc) is 2.19. The zero-order valence-corrected chi connectivity index (χ0v) is 8.36. The lowest BCUT2D eigenvalue weighted by molar-refractivity contribution is -0.149. The van der Waals surface area contributed by atoms with E-state index in [2.05, 4.69) is 10.8 Å². The lowest BCUT2D eigenvalue weighted by Gasteiger charge is -2.03. The van der Waals surface area contributed by atoms with Crippen LogP contribution in [0, 0.1) is 6.07 Å².